The average molecular weight is 831 g/mol. The summed E-state index contributed by atoms with van der Waals surface area (Å²) in [4.78, 5) is 37.9. The van der Waals surface area contributed by atoms with Crippen LogP contribution >= 0.6 is 0 Å². The highest BCUT2D eigenvalue weighted by Gasteiger charge is 2.47. The number of hydrogen-bond donors (Lipinski definition) is 4. The van der Waals surface area contributed by atoms with Gasteiger partial charge in [0.1, 0.15) is 6.54 Å². The Labute approximate surface area is 360 Å². The van der Waals surface area contributed by atoms with Gasteiger partial charge < -0.3 is 21.1 Å². The Balaban J connectivity index is 1.41. The normalized spacial score (nSPS) is 19.5. The minimum Gasteiger partial charge on any atom is -0.480 e. The standard InChI is InChI=1S/C47H90N8O4/c1-11-13-15-17-19-25-31-58-54-44(3,4)33-38(34-45(54,5)6)27-21-23-29-48-41-51-42(53-43(52-41)50-37-40(56)57)49-30-24-22-28-39-35-46(7,8)55(47(9,10)36-39)59-32-26-20-18-16-14-12-2/h38-39H,11-37H2,1-10H3,(H,56,57)(H3,48,49,50,51,52,53). The number of nitrogens with zero attached hydrogens (tertiary/aromatic N) is 5. The molecular formula is C47H90N8O4. The van der Waals surface area contributed by atoms with Crippen LogP contribution in [0.5, 0.6) is 0 Å². The predicted molar refractivity (Wildman–Crippen MR) is 245 cm³/mol. The second-order valence-corrected chi connectivity index (χ2v) is 20.5. The van der Waals surface area contributed by atoms with Crippen LogP contribution in [0.2, 0.25) is 0 Å². The van der Waals surface area contributed by atoms with E-state index in [0.29, 0.717) is 23.7 Å². The lowest BCUT2D eigenvalue weighted by molar-refractivity contribution is -0.288. The summed E-state index contributed by atoms with van der Waals surface area (Å²) in [7, 11) is 0. The maximum absolute atomic E-state index is 11.3. The molecule has 59 heavy (non-hydrogen) atoms. The van der Waals surface area contributed by atoms with E-state index in [0.717, 1.165) is 90.5 Å². The molecular weight excluding hydrogens is 741 g/mol. The van der Waals surface area contributed by atoms with Crippen LogP contribution in [0.3, 0.4) is 0 Å². The smallest absolute Gasteiger partial charge is 0.322 e. The Morgan fingerprint density at radius 3 is 1.24 bits per heavy atom. The SMILES string of the molecule is CCCCCCCCON1C(C)(C)CC(CCCCNc2nc(NCCCCC3CC(C)(C)N(OCCCCCCCC)C(C)(C)C3)nc(NCC(=O)O)n2)CC1(C)C. The topological polar surface area (TPSA) is 137 Å². The van der Waals surface area contributed by atoms with Crippen LogP contribution in [0.15, 0.2) is 0 Å². The summed E-state index contributed by atoms with van der Waals surface area (Å²) in [6.07, 6.45) is 26.4. The number of carboxylic acid groups (broad SMARTS) is 1. The third-order valence-corrected chi connectivity index (χ3v) is 12.5. The van der Waals surface area contributed by atoms with Crippen molar-refractivity contribution < 1.29 is 19.6 Å². The molecule has 0 saturated carbocycles. The van der Waals surface area contributed by atoms with Crippen molar-refractivity contribution in [2.24, 2.45) is 11.8 Å². The van der Waals surface area contributed by atoms with Gasteiger partial charge in [-0.3, -0.25) is 14.5 Å². The lowest BCUT2D eigenvalue weighted by Crippen LogP contribution is -2.60. The molecule has 0 unspecified atom stereocenters. The van der Waals surface area contributed by atoms with Crippen molar-refractivity contribution in [3.8, 4) is 0 Å². The molecule has 2 aliphatic rings. The van der Waals surface area contributed by atoms with Crippen molar-refractivity contribution in [2.75, 3.05) is 48.8 Å². The Hall–Kier alpha value is -2.28. The monoisotopic (exact) mass is 831 g/mol. The number of carboxylic acids is 1. The van der Waals surface area contributed by atoms with Gasteiger partial charge in [0.05, 0.1) is 13.2 Å². The van der Waals surface area contributed by atoms with Gasteiger partial charge in [0, 0.05) is 35.2 Å². The lowest BCUT2D eigenvalue weighted by Gasteiger charge is -2.54. The van der Waals surface area contributed by atoms with E-state index in [1.807, 2.05) is 0 Å². The van der Waals surface area contributed by atoms with Crippen LogP contribution in [0, 0.1) is 11.8 Å². The first kappa shape index (κ1) is 51.1. The molecule has 0 amide bonds. The van der Waals surface area contributed by atoms with E-state index in [-0.39, 0.29) is 34.6 Å². The van der Waals surface area contributed by atoms with Crippen molar-refractivity contribution in [3.05, 3.63) is 0 Å². The summed E-state index contributed by atoms with van der Waals surface area (Å²) in [6, 6.07) is 0. The molecule has 3 rings (SSSR count). The Morgan fingerprint density at radius 1 is 0.542 bits per heavy atom. The quantitative estimate of drug-likeness (QED) is 0.0530. The fourth-order valence-electron chi connectivity index (χ4n) is 10.4. The molecule has 2 aliphatic heterocycles. The molecule has 12 heteroatoms. The summed E-state index contributed by atoms with van der Waals surface area (Å²) in [5.74, 6) is 1.52. The highest BCUT2D eigenvalue weighted by molar-refractivity contribution is 5.72. The molecule has 342 valence electrons. The van der Waals surface area contributed by atoms with Crippen LogP contribution < -0.4 is 16.0 Å². The zero-order valence-electron chi connectivity index (χ0n) is 39.7. The summed E-state index contributed by atoms with van der Waals surface area (Å²) in [5, 5.41) is 23.5. The van der Waals surface area contributed by atoms with Gasteiger partial charge in [-0.1, -0.05) is 104 Å². The highest BCUT2D eigenvalue weighted by Crippen LogP contribution is 2.44. The molecule has 0 atom stereocenters. The van der Waals surface area contributed by atoms with Crippen LogP contribution in [0.4, 0.5) is 17.8 Å². The summed E-state index contributed by atoms with van der Waals surface area (Å²) in [5.41, 5.74) is -0.0237. The van der Waals surface area contributed by atoms with Crippen molar-refractivity contribution in [3.63, 3.8) is 0 Å². The lowest BCUT2D eigenvalue weighted by atomic mass is 9.73. The number of carbonyl (C=O) groups is 1. The summed E-state index contributed by atoms with van der Waals surface area (Å²) in [6.45, 7) is 26.1. The van der Waals surface area contributed by atoms with Gasteiger partial charge in [-0.25, -0.2) is 0 Å². The van der Waals surface area contributed by atoms with E-state index < -0.39 is 5.97 Å². The molecule has 0 aromatic carbocycles. The van der Waals surface area contributed by atoms with Gasteiger partial charge in [0.2, 0.25) is 17.8 Å². The minimum atomic E-state index is -0.961. The number of anilines is 3. The fraction of sp³-hybridized carbons (Fsp3) is 0.915. The number of aromatic nitrogens is 3. The predicted octanol–water partition coefficient (Wildman–Crippen LogP) is 11.7. The fourth-order valence-corrected chi connectivity index (χ4v) is 10.4. The Morgan fingerprint density at radius 2 is 0.881 bits per heavy atom. The van der Waals surface area contributed by atoms with E-state index in [1.54, 1.807) is 0 Å². The molecule has 12 nitrogen and oxygen atoms in total. The number of unbranched alkanes of at least 4 members (excludes halogenated alkanes) is 12. The maximum atomic E-state index is 11.3. The average Bonchev–Trinajstić information content (AvgIpc) is 3.14. The Kier molecular flexibility index (Phi) is 22.2. The molecule has 0 spiro atoms. The summed E-state index contributed by atoms with van der Waals surface area (Å²) < 4.78 is 0. The van der Waals surface area contributed by atoms with Gasteiger partial charge in [-0.15, -0.1) is 0 Å². The van der Waals surface area contributed by atoms with E-state index >= 15 is 0 Å². The van der Waals surface area contributed by atoms with Gasteiger partial charge in [0.25, 0.3) is 0 Å². The first-order chi connectivity index (χ1) is 28.0. The van der Waals surface area contributed by atoms with Crippen molar-refractivity contribution in [2.45, 2.75) is 233 Å². The molecule has 0 bridgehead atoms. The molecule has 2 saturated heterocycles. The molecule has 4 N–H and O–H groups in total. The number of nitrogens with one attached hydrogen (secondary N) is 3. The van der Waals surface area contributed by atoms with Crippen LogP contribution in [0.1, 0.15) is 210 Å². The van der Waals surface area contributed by atoms with E-state index in [2.05, 4.69) is 110 Å². The largest absolute Gasteiger partial charge is 0.480 e. The van der Waals surface area contributed by atoms with Crippen molar-refractivity contribution in [1.29, 1.82) is 0 Å². The molecule has 0 radical (unpaired) electrons. The number of hydrogen-bond acceptors (Lipinski definition) is 11. The molecule has 3 heterocycles. The van der Waals surface area contributed by atoms with E-state index in [1.165, 1.54) is 77.0 Å². The third-order valence-electron chi connectivity index (χ3n) is 12.5. The van der Waals surface area contributed by atoms with Crippen LogP contribution in [-0.2, 0) is 14.5 Å². The third kappa shape index (κ3) is 18.7. The van der Waals surface area contributed by atoms with Crippen molar-refractivity contribution in [1.82, 2.24) is 25.1 Å². The van der Waals surface area contributed by atoms with Gasteiger partial charge >= 0.3 is 5.97 Å². The van der Waals surface area contributed by atoms with Crippen LogP contribution in [0.25, 0.3) is 0 Å². The molecule has 1 aromatic rings. The molecule has 2 fully saturated rings. The van der Waals surface area contributed by atoms with Crippen LogP contribution in [-0.4, -0.2) is 91.2 Å². The zero-order chi connectivity index (χ0) is 43.4. The van der Waals surface area contributed by atoms with Gasteiger partial charge in [-0.05, 0) is 119 Å². The first-order valence-corrected chi connectivity index (χ1v) is 24.0. The van der Waals surface area contributed by atoms with Crippen molar-refractivity contribution >= 4 is 23.8 Å². The second-order valence-electron chi connectivity index (χ2n) is 20.5. The number of rotatable bonds is 31. The summed E-state index contributed by atoms with van der Waals surface area (Å²) >= 11 is 0. The van der Waals surface area contributed by atoms with Gasteiger partial charge in [-0.2, -0.15) is 25.1 Å². The first-order valence-electron chi connectivity index (χ1n) is 24.0. The van der Waals surface area contributed by atoms with E-state index in [4.69, 9.17) is 9.68 Å². The van der Waals surface area contributed by atoms with E-state index in [9.17, 15) is 9.90 Å². The minimum absolute atomic E-state index is 0.00591. The maximum Gasteiger partial charge on any atom is 0.322 e. The number of hydroxylamine groups is 4. The second kappa shape index (κ2) is 25.6. The van der Waals surface area contributed by atoms with Gasteiger partial charge in [0.15, 0.2) is 0 Å². The Bertz CT molecular complexity index is 1200. The molecule has 1 aromatic heterocycles. The molecule has 0 aliphatic carbocycles. The zero-order valence-corrected chi connectivity index (χ0v) is 39.7. The highest BCUT2D eigenvalue weighted by atomic mass is 16.7. The number of piperidine rings is 2. The number of aliphatic carboxylic acids is 1.